The summed E-state index contributed by atoms with van der Waals surface area (Å²) in [5.74, 6) is -0.469. The molecule has 8 heteroatoms. The van der Waals surface area contributed by atoms with E-state index < -0.39 is 10.0 Å². The van der Waals surface area contributed by atoms with E-state index >= 15 is 0 Å². The van der Waals surface area contributed by atoms with Gasteiger partial charge in [0.1, 0.15) is 0 Å². The highest BCUT2D eigenvalue weighted by atomic mass is 35.5. The van der Waals surface area contributed by atoms with Crippen LogP contribution in [0.5, 0.6) is 0 Å². The van der Waals surface area contributed by atoms with Gasteiger partial charge in [-0.05, 0) is 43.4 Å². The molecule has 1 atom stereocenters. The van der Waals surface area contributed by atoms with Crippen molar-refractivity contribution < 1.29 is 13.2 Å². The third kappa shape index (κ3) is 5.85. The first-order valence-electron chi connectivity index (χ1n) is 10.1. The molecule has 3 rings (SSSR count). The number of hydrogen-bond acceptors (Lipinski definition) is 3. The van der Waals surface area contributed by atoms with Crippen LogP contribution in [0.15, 0.2) is 18.2 Å². The van der Waals surface area contributed by atoms with Crippen LogP contribution >= 0.6 is 23.2 Å². The molecule has 1 aliphatic carbocycles. The normalized spacial score (nSPS) is 22.6. The van der Waals surface area contributed by atoms with Crippen molar-refractivity contribution in [3.63, 3.8) is 0 Å². The maximum atomic E-state index is 12.9. The number of amides is 1. The Morgan fingerprint density at radius 3 is 2.46 bits per heavy atom. The summed E-state index contributed by atoms with van der Waals surface area (Å²) in [6.07, 6.45) is 8.23. The second-order valence-electron chi connectivity index (χ2n) is 7.89. The van der Waals surface area contributed by atoms with E-state index in [4.69, 9.17) is 23.2 Å². The van der Waals surface area contributed by atoms with Crippen LogP contribution < -0.4 is 5.32 Å². The van der Waals surface area contributed by atoms with Gasteiger partial charge in [0.05, 0.1) is 11.7 Å². The molecule has 0 unspecified atom stereocenters. The number of sulfonamides is 1. The van der Waals surface area contributed by atoms with Crippen LogP contribution in [0.3, 0.4) is 0 Å². The van der Waals surface area contributed by atoms with E-state index in [0.717, 1.165) is 32.1 Å². The maximum Gasteiger partial charge on any atom is 0.224 e. The molecule has 0 radical (unpaired) electrons. The average molecular weight is 447 g/mol. The Hall–Kier alpha value is -0.820. The fourth-order valence-corrected chi connectivity index (χ4v) is 6.27. The summed E-state index contributed by atoms with van der Waals surface area (Å²) in [5.41, 5.74) is 0.524. The standard InChI is InChI=1S/C20H28Cl2N2O3S/c21-17-10-9-16(19(22)12-17)14-28(26,27)24-11-5-6-15(13-24)20(25)23-18-7-3-1-2-4-8-18/h9-10,12,15,18H,1-8,11,13-14H2,(H,23,25)/t15-/m1/s1. The van der Waals surface area contributed by atoms with E-state index in [2.05, 4.69) is 5.32 Å². The highest BCUT2D eigenvalue weighted by molar-refractivity contribution is 7.88. The zero-order valence-corrected chi connectivity index (χ0v) is 18.3. The Kier molecular flexibility index (Phi) is 7.65. The second-order valence-corrected chi connectivity index (χ2v) is 10.7. The van der Waals surface area contributed by atoms with Gasteiger partial charge in [0.15, 0.2) is 0 Å². The van der Waals surface area contributed by atoms with Crippen LogP contribution in [-0.4, -0.2) is 37.8 Å². The van der Waals surface area contributed by atoms with E-state index in [0.29, 0.717) is 28.6 Å². The van der Waals surface area contributed by atoms with Gasteiger partial charge in [-0.25, -0.2) is 12.7 Å². The fourth-order valence-electron chi connectivity index (χ4n) is 4.08. The minimum absolute atomic E-state index is 0.00340. The summed E-state index contributed by atoms with van der Waals surface area (Å²) in [4.78, 5) is 12.7. The predicted octanol–water partition coefficient (Wildman–Crippen LogP) is 4.37. The lowest BCUT2D eigenvalue weighted by atomic mass is 9.97. The van der Waals surface area contributed by atoms with E-state index in [1.54, 1.807) is 18.2 Å². The van der Waals surface area contributed by atoms with Gasteiger partial charge in [0, 0.05) is 29.2 Å². The summed E-state index contributed by atoms with van der Waals surface area (Å²) >= 11 is 12.0. The first-order chi connectivity index (χ1) is 13.3. The van der Waals surface area contributed by atoms with Crippen LogP contribution in [0.1, 0.15) is 56.9 Å². The molecule has 2 aliphatic rings. The number of carbonyl (C=O) groups excluding carboxylic acids is 1. The zero-order chi connectivity index (χ0) is 20.1. The van der Waals surface area contributed by atoms with E-state index in [1.807, 2.05) is 0 Å². The lowest BCUT2D eigenvalue weighted by molar-refractivity contribution is -0.126. The quantitative estimate of drug-likeness (QED) is 0.682. The van der Waals surface area contributed by atoms with E-state index in [1.165, 1.54) is 17.1 Å². The lowest BCUT2D eigenvalue weighted by Crippen LogP contribution is -2.47. The first-order valence-corrected chi connectivity index (χ1v) is 12.4. The van der Waals surface area contributed by atoms with Gasteiger partial charge in [0.25, 0.3) is 0 Å². The Labute approximate surface area is 177 Å². The van der Waals surface area contributed by atoms with Gasteiger partial charge in [-0.3, -0.25) is 4.79 Å². The molecule has 1 aromatic rings. The Bertz CT molecular complexity index is 793. The number of halogens is 2. The molecule has 1 heterocycles. The Morgan fingerprint density at radius 2 is 1.79 bits per heavy atom. The van der Waals surface area contributed by atoms with Gasteiger partial charge in [-0.2, -0.15) is 0 Å². The minimum Gasteiger partial charge on any atom is -0.353 e. The molecular weight excluding hydrogens is 419 g/mol. The Morgan fingerprint density at radius 1 is 1.07 bits per heavy atom. The summed E-state index contributed by atoms with van der Waals surface area (Å²) < 4.78 is 27.2. The molecule has 0 aromatic heterocycles. The van der Waals surface area contributed by atoms with E-state index in [9.17, 15) is 13.2 Å². The molecule has 1 aliphatic heterocycles. The molecule has 1 aromatic carbocycles. The van der Waals surface area contributed by atoms with Gasteiger partial charge >= 0.3 is 0 Å². The highest BCUT2D eigenvalue weighted by Gasteiger charge is 2.33. The number of rotatable bonds is 5. The van der Waals surface area contributed by atoms with Gasteiger partial charge in [0.2, 0.25) is 15.9 Å². The van der Waals surface area contributed by atoms with Crippen LogP contribution in [0.2, 0.25) is 10.0 Å². The Balaban J connectivity index is 1.62. The average Bonchev–Trinajstić information content (AvgIpc) is 2.93. The van der Waals surface area contributed by atoms with Gasteiger partial charge in [-0.15, -0.1) is 0 Å². The molecule has 1 amide bonds. The number of piperidine rings is 1. The molecular formula is C20H28Cl2N2O3S. The predicted molar refractivity (Wildman–Crippen MR) is 113 cm³/mol. The summed E-state index contributed by atoms with van der Waals surface area (Å²) in [6.45, 7) is 0.687. The molecule has 0 spiro atoms. The molecule has 5 nitrogen and oxygen atoms in total. The molecule has 156 valence electrons. The SMILES string of the molecule is O=C(NC1CCCCCC1)[C@@H]1CCCN(S(=O)(=O)Cc2ccc(Cl)cc2Cl)C1. The summed E-state index contributed by atoms with van der Waals surface area (Å²) in [5, 5.41) is 3.98. The van der Waals surface area contributed by atoms with E-state index in [-0.39, 0.29) is 30.2 Å². The number of nitrogens with zero attached hydrogens (tertiary/aromatic N) is 1. The first kappa shape index (κ1) is 21.9. The van der Waals surface area contributed by atoms with Crippen molar-refractivity contribution in [2.75, 3.05) is 13.1 Å². The zero-order valence-electron chi connectivity index (χ0n) is 16.0. The second kappa shape index (κ2) is 9.79. The molecule has 1 saturated carbocycles. The van der Waals surface area contributed by atoms with Crippen molar-refractivity contribution in [2.24, 2.45) is 5.92 Å². The lowest BCUT2D eigenvalue weighted by Gasteiger charge is -2.32. The number of carbonyl (C=O) groups is 1. The topological polar surface area (TPSA) is 66.5 Å². The molecule has 0 bridgehead atoms. The minimum atomic E-state index is -3.55. The monoisotopic (exact) mass is 446 g/mol. The van der Waals surface area contributed by atoms with Crippen LogP contribution in [0, 0.1) is 5.92 Å². The molecule has 28 heavy (non-hydrogen) atoms. The summed E-state index contributed by atoms with van der Waals surface area (Å²) in [6, 6.07) is 5.06. The van der Waals surface area contributed by atoms with Gasteiger partial charge < -0.3 is 5.32 Å². The third-order valence-corrected chi connectivity index (χ3v) is 8.08. The molecule has 1 N–H and O–H groups in total. The third-order valence-electron chi connectivity index (χ3n) is 5.70. The summed E-state index contributed by atoms with van der Waals surface area (Å²) in [7, 11) is -3.55. The van der Waals surface area contributed by atoms with Gasteiger partial charge in [-0.1, -0.05) is 55.0 Å². The van der Waals surface area contributed by atoms with Crippen LogP contribution in [0.25, 0.3) is 0 Å². The number of nitrogens with one attached hydrogen (secondary N) is 1. The fraction of sp³-hybridized carbons (Fsp3) is 0.650. The van der Waals surface area contributed by atoms with Crippen molar-refractivity contribution >= 4 is 39.1 Å². The smallest absolute Gasteiger partial charge is 0.224 e. The maximum absolute atomic E-state index is 12.9. The van der Waals surface area contributed by atoms with Crippen LogP contribution in [0.4, 0.5) is 0 Å². The van der Waals surface area contributed by atoms with Crippen molar-refractivity contribution in [3.05, 3.63) is 33.8 Å². The highest BCUT2D eigenvalue weighted by Crippen LogP contribution is 2.27. The van der Waals surface area contributed by atoms with Crippen molar-refractivity contribution in [1.82, 2.24) is 9.62 Å². The van der Waals surface area contributed by atoms with Crippen molar-refractivity contribution in [2.45, 2.75) is 63.2 Å². The van der Waals surface area contributed by atoms with Crippen molar-refractivity contribution in [1.29, 1.82) is 0 Å². The molecule has 2 fully saturated rings. The number of benzene rings is 1. The number of hydrogen-bond donors (Lipinski definition) is 1. The van der Waals surface area contributed by atoms with Crippen LogP contribution in [-0.2, 0) is 20.6 Å². The van der Waals surface area contributed by atoms with Crippen molar-refractivity contribution in [3.8, 4) is 0 Å². The molecule has 1 saturated heterocycles. The largest absolute Gasteiger partial charge is 0.353 e.